The Morgan fingerprint density at radius 2 is 2.35 bits per heavy atom. The van der Waals surface area contributed by atoms with Crippen LogP contribution in [-0.2, 0) is 17.3 Å². The number of amides is 1. The molecule has 1 rings (SSSR count). The van der Waals surface area contributed by atoms with Crippen molar-refractivity contribution >= 4 is 22.4 Å². The van der Waals surface area contributed by atoms with Gasteiger partial charge in [0.15, 0.2) is 0 Å². The molecule has 6 nitrogen and oxygen atoms in total. The third-order valence-corrected chi connectivity index (χ3v) is 3.80. The average Bonchev–Trinajstić information content (AvgIpc) is 2.66. The minimum Gasteiger partial charge on any atom is -0.396 e. The van der Waals surface area contributed by atoms with Crippen LogP contribution in [0.5, 0.6) is 0 Å². The summed E-state index contributed by atoms with van der Waals surface area (Å²) in [7, 11) is -0.954. The summed E-state index contributed by atoms with van der Waals surface area (Å²) in [5.41, 5.74) is 6.40. The van der Waals surface area contributed by atoms with Crippen molar-refractivity contribution in [3.05, 3.63) is 11.9 Å². The van der Waals surface area contributed by atoms with Gasteiger partial charge in [0.25, 0.3) is 5.91 Å². The molecule has 17 heavy (non-hydrogen) atoms. The zero-order valence-corrected chi connectivity index (χ0v) is 11.1. The zero-order valence-electron chi connectivity index (χ0n) is 10.3. The van der Waals surface area contributed by atoms with Crippen LogP contribution in [0.3, 0.4) is 0 Å². The molecule has 0 bridgehead atoms. The SMILES string of the molecule is CCn1ncc(N)c1C(=O)NCC(C)S(C)=O. The van der Waals surface area contributed by atoms with Crippen molar-refractivity contribution < 1.29 is 9.00 Å². The van der Waals surface area contributed by atoms with Gasteiger partial charge in [-0.05, 0) is 13.8 Å². The average molecular weight is 258 g/mol. The summed E-state index contributed by atoms with van der Waals surface area (Å²) >= 11 is 0. The number of aryl methyl sites for hydroxylation is 1. The molecule has 96 valence electrons. The van der Waals surface area contributed by atoms with Crippen molar-refractivity contribution in [1.82, 2.24) is 15.1 Å². The van der Waals surface area contributed by atoms with E-state index in [4.69, 9.17) is 5.73 Å². The van der Waals surface area contributed by atoms with E-state index in [1.54, 1.807) is 6.26 Å². The molecule has 2 atom stereocenters. The molecule has 1 aromatic heterocycles. The number of rotatable bonds is 5. The van der Waals surface area contributed by atoms with Crippen LogP contribution in [0.1, 0.15) is 24.3 Å². The second-order valence-electron chi connectivity index (χ2n) is 3.78. The second-order valence-corrected chi connectivity index (χ2v) is 5.59. The maximum Gasteiger partial charge on any atom is 0.271 e. The van der Waals surface area contributed by atoms with Crippen LogP contribution in [0.15, 0.2) is 6.20 Å². The van der Waals surface area contributed by atoms with Gasteiger partial charge in [-0.2, -0.15) is 5.10 Å². The molecule has 0 aliphatic heterocycles. The maximum atomic E-state index is 11.9. The largest absolute Gasteiger partial charge is 0.396 e. The first-order valence-corrected chi connectivity index (χ1v) is 7.01. The standard InChI is InChI=1S/C10H18N4O2S/c1-4-14-9(8(11)6-13-14)10(15)12-5-7(2)17(3)16/h6-7H,4-5,11H2,1-3H3,(H,12,15). The molecule has 1 aromatic rings. The molecule has 7 heteroatoms. The van der Waals surface area contributed by atoms with Gasteiger partial charge in [0.2, 0.25) is 0 Å². The van der Waals surface area contributed by atoms with Crippen molar-refractivity contribution in [1.29, 1.82) is 0 Å². The minimum atomic E-state index is -0.954. The highest BCUT2D eigenvalue weighted by molar-refractivity contribution is 7.84. The molecule has 0 aromatic carbocycles. The molecule has 1 heterocycles. The molecule has 0 saturated heterocycles. The van der Waals surface area contributed by atoms with E-state index in [-0.39, 0.29) is 11.2 Å². The molecule has 3 N–H and O–H groups in total. The van der Waals surface area contributed by atoms with E-state index >= 15 is 0 Å². The fourth-order valence-electron chi connectivity index (χ4n) is 1.33. The van der Waals surface area contributed by atoms with Gasteiger partial charge in [0, 0.05) is 35.4 Å². The predicted octanol–water partition coefficient (Wildman–Crippen LogP) is -0.0180. The summed E-state index contributed by atoms with van der Waals surface area (Å²) in [6.07, 6.45) is 3.07. The Morgan fingerprint density at radius 3 is 2.88 bits per heavy atom. The highest BCUT2D eigenvalue weighted by atomic mass is 32.2. The number of nitrogens with zero attached hydrogens (tertiary/aromatic N) is 2. The zero-order chi connectivity index (χ0) is 13.0. The third-order valence-electron chi connectivity index (χ3n) is 2.50. The smallest absolute Gasteiger partial charge is 0.271 e. The molecule has 0 aliphatic carbocycles. The number of hydrogen-bond acceptors (Lipinski definition) is 4. The van der Waals surface area contributed by atoms with E-state index in [1.807, 2.05) is 13.8 Å². The molecular formula is C10H18N4O2S. The summed E-state index contributed by atoms with van der Waals surface area (Å²) in [4.78, 5) is 11.9. The number of carbonyl (C=O) groups excluding carboxylic acids is 1. The van der Waals surface area contributed by atoms with Crippen molar-refractivity contribution in [2.45, 2.75) is 25.6 Å². The van der Waals surface area contributed by atoms with E-state index in [0.29, 0.717) is 24.5 Å². The quantitative estimate of drug-likeness (QED) is 0.776. The molecule has 1 amide bonds. The molecule has 2 unspecified atom stereocenters. The molecular weight excluding hydrogens is 240 g/mol. The van der Waals surface area contributed by atoms with Crippen LogP contribution >= 0.6 is 0 Å². The van der Waals surface area contributed by atoms with Gasteiger partial charge in [0.1, 0.15) is 5.69 Å². The second kappa shape index (κ2) is 5.81. The predicted molar refractivity (Wildman–Crippen MR) is 68.2 cm³/mol. The van der Waals surface area contributed by atoms with E-state index in [1.165, 1.54) is 10.9 Å². The van der Waals surface area contributed by atoms with Crippen LogP contribution in [0.25, 0.3) is 0 Å². The van der Waals surface area contributed by atoms with Gasteiger partial charge in [0.05, 0.1) is 11.9 Å². The summed E-state index contributed by atoms with van der Waals surface area (Å²) in [6, 6.07) is 0. The minimum absolute atomic E-state index is 0.0850. The van der Waals surface area contributed by atoms with E-state index in [9.17, 15) is 9.00 Å². The van der Waals surface area contributed by atoms with Gasteiger partial charge in [-0.25, -0.2) is 0 Å². The van der Waals surface area contributed by atoms with Gasteiger partial charge in [-0.1, -0.05) is 0 Å². The first-order chi connectivity index (χ1) is 7.97. The third kappa shape index (κ3) is 3.29. The Morgan fingerprint density at radius 1 is 1.71 bits per heavy atom. The van der Waals surface area contributed by atoms with Crippen LogP contribution in [0.4, 0.5) is 5.69 Å². The summed E-state index contributed by atoms with van der Waals surface area (Å²) in [5.74, 6) is -0.279. The lowest BCUT2D eigenvalue weighted by molar-refractivity contribution is 0.0944. The number of hydrogen-bond donors (Lipinski definition) is 2. The Labute approximate surface area is 103 Å². The van der Waals surface area contributed by atoms with Gasteiger partial charge in [-0.15, -0.1) is 0 Å². The first-order valence-electron chi connectivity index (χ1n) is 5.39. The number of anilines is 1. The Hall–Kier alpha value is -1.37. The highest BCUT2D eigenvalue weighted by Gasteiger charge is 2.17. The van der Waals surface area contributed by atoms with Gasteiger partial charge >= 0.3 is 0 Å². The Bertz CT molecular complexity index is 430. The molecule has 0 radical (unpaired) electrons. The van der Waals surface area contributed by atoms with Gasteiger partial charge < -0.3 is 11.1 Å². The van der Waals surface area contributed by atoms with Crippen molar-refractivity contribution in [2.75, 3.05) is 18.5 Å². The summed E-state index contributed by atoms with van der Waals surface area (Å²) < 4.78 is 12.7. The molecule has 0 saturated carbocycles. The number of aromatic nitrogens is 2. The number of nitrogens with one attached hydrogen (secondary N) is 1. The Balaban J connectivity index is 2.70. The van der Waals surface area contributed by atoms with E-state index in [2.05, 4.69) is 10.4 Å². The van der Waals surface area contributed by atoms with Crippen molar-refractivity contribution in [2.24, 2.45) is 0 Å². The molecule has 0 fully saturated rings. The van der Waals surface area contributed by atoms with Crippen LogP contribution in [-0.4, -0.2) is 37.9 Å². The number of carbonyl (C=O) groups is 1. The van der Waals surface area contributed by atoms with Gasteiger partial charge in [-0.3, -0.25) is 13.7 Å². The summed E-state index contributed by atoms with van der Waals surface area (Å²) in [5, 5.41) is 6.61. The van der Waals surface area contributed by atoms with Crippen LogP contribution in [0, 0.1) is 0 Å². The fraction of sp³-hybridized carbons (Fsp3) is 0.600. The van der Waals surface area contributed by atoms with Crippen LogP contribution in [0.2, 0.25) is 0 Å². The first kappa shape index (κ1) is 13.7. The van der Waals surface area contributed by atoms with Crippen molar-refractivity contribution in [3.63, 3.8) is 0 Å². The van der Waals surface area contributed by atoms with E-state index in [0.717, 1.165) is 0 Å². The fourth-order valence-corrected chi connectivity index (χ4v) is 1.64. The number of nitrogens with two attached hydrogens (primary N) is 1. The normalized spacial score (nSPS) is 14.3. The summed E-state index contributed by atoms with van der Waals surface area (Å²) in [6.45, 7) is 4.63. The molecule has 0 aliphatic rings. The Kier molecular flexibility index (Phi) is 4.68. The highest BCUT2D eigenvalue weighted by Crippen LogP contribution is 2.10. The maximum absolute atomic E-state index is 11.9. The lowest BCUT2D eigenvalue weighted by atomic mass is 10.3. The van der Waals surface area contributed by atoms with Crippen molar-refractivity contribution in [3.8, 4) is 0 Å². The lowest BCUT2D eigenvalue weighted by Gasteiger charge is -2.11. The lowest BCUT2D eigenvalue weighted by Crippen LogP contribution is -2.34. The van der Waals surface area contributed by atoms with E-state index < -0.39 is 10.8 Å². The van der Waals surface area contributed by atoms with Crippen LogP contribution < -0.4 is 11.1 Å². The topological polar surface area (TPSA) is 90.0 Å². The molecule has 0 spiro atoms. The number of nitrogen functional groups attached to an aromatic ring is 1. The monoisotopic (exact) mass is 258 g/mol.